The predicted octanol–water partition coefficient (Wildman–Crippen LogP) is 3.83. The lowest BCUT2D eigenvalue weighted by molar-refractivity contribution is -0.115. The molecule has 2 aromatic heterocycles. The Morgan fingerprint density at radius 2 is 1.77 bits per heavy atom. The fourth-order valence-corrected chi connectivity index (χ4v) is 2.76. The van der Waals surface area contributed by atoms with Crippen molar-refractivity contribution in [3.63, 3.8) is 0 Å². The van der Waals surface area contributed by atoms with Gasteiger partial charge in [0.25, 0.3) is 5.91 Å². The lowest BCUT2D eigenvalue weighted by Crippen LogP contribution is -2.22. The number of alkyl halides is 3. The number of halogens is 3. The highest BCUT2D eigenvalue weighted by Gasteiger charge is 2.27. The van der Waals surface area contributed by atoms with Gasteiger partial charge in [0, 0.05) is 17.8 Å². The fraction of sp³-hybridized carbons (Fsp3) is 0.125. The maximum Gasteiger partial charge on any atom is 0.405 e. The Morgan fingerprint density at radius 3 is 2.46 bits per heavy atom. The number of thiazole rings is 1. The molecule has 134 valence electrons. The van der Waals surface area contributed by atoms with Gasteiger partial charge in [0.2, 0.25) is 0 Å². The van der Waals surface area contributed by atoms with E-state index >= 15 is 0 Å². The van der Waals surface area contributed by atoms with Crippen LogP contribution in [0.2, 0.25) is 0 Å². The van der Waals surface area contributed by atoms with Crippen LogP contribution < -0.4 is 10.6 Å². The van der Waals surface area contributed by atoms with Gasteiger partial charge < -0.3 is 10.6 Å². The summed E-state index contributed by atoms with van der Waals surface area (Å²) in [7, 11) is 0. The summed E-state index contributed by atoms with van der Waals surface area (Å²) in [6, 6.07) is 7.80. The molecule has 6 nitrogen and oxygen atoms in total. The molecule has 0 fully saturated rings. The first-order chi connectivity index (χ1) is 12.4. The third kappa shape index (κ3) is 4.54. The molecule has 0 atom stereocenters. The molecule has 0 radical (unpaired) electrons. The standard InChI is InChI=1S/C16H12F3N5OS/c17-16(18,19)9-22-10-4-1-2-5-11(10)23-14(25)12-8-26-15(24-12)13-20-6-3-7-21-13/h1-8,22H,9H2,(H,23,25). The highest BCUT2D eigenvalue weighted by atomic mass is 32.1. The van der Waals surface area contributed by atoms with Crippen molar-refractivity contribution in [3.8, 4) is 10.8 Å². The van der Waals surface area contributed by atoms with Gasteiger partial charge in [-0.2, -0.15) is 13.2 Å². The highest BCUT2D eigenvalue weighted by Crippen LogP contribution is 2.25. The molecular weight excluding hydrogens is 367 g/mol. The second-order valence-electron chi connectivity index (χ2n) is 5.08. The Hall–Kier alpha value is -3.01. The van der Waals surface area contributed by atoms with E-state index < -0.39 is 18.6 Å². The largest absolute Gasteiger partial charge is 0.405 e. The number of para-hydroxylation sites is 2. The summed E-state index contributed by atoms with van der Waals surface area (Å²) in [5, 5.41) is 6.83. The molecule has 0 aliphatic heterocycles. The SMILES string of the molecule is O=C(Nc1ccccc1NCC(F)(F)F)c1csc(-c2ncccn2)n1. The number of carbonyl (C=O) groups is 1. The van der Waals surface area contributed by atoms with Crippen molar-refractivity contribution in [2.75, 3.05) is 17.2 Å². The van der Waals surface area contributed by atoms with E-state index in [0.29, 0.717) is 10.8 Å². The van der Waals surface area contributed by atoms with Crippen LogP contribution >= 0.6 is 11.3 Å². The van der Waals surface area contributed by atoms with Crippen molar-refractivity contribution in [1.82, 2.24) is 15.0 Å². The van der Waals surface area contributed by atoms with E-state index in [9.17, 15) is 18.0 Å². The monoisotopic (exact) mass is 379 g/mol. The van der Waals surface area contributed by atoms with Crippen LogP contribution in [0.1, 0.15) is 10.5 Å². The summed E-state index contributed by atoms with van der Waals surface area (Å²) in [5.41, 5.74) is 0.523. The van der Waals surface area contributed by atoms with Gasteiger partial charge in [0.05, 0.1) is 11.4 Å². The van der Waals surface area contributed by atoms with Crippen molar-refractivity contribution in [1.29, 1.82) is 0 Å². The smallest absolute Gasteiger partial charge is 0.375 e. The van der Waals surface area contributed by atoms with Crippen LogP contribution in [0.3, 0.4) is 0 Å². The highest BCUT2D eigenvalue weighted by molar-refractivity contribution is 7.13. The molecular formula is C16H12F3N5OS. The molecule has 0 saturated heterocycles. The van der Waals surface area contributed by atoms with E-state index in [-0.39, 0.29) is 17.1 Å². The Balaban J connectivity index is 1.74. The van der Waals surface area contributed by atoms with E-state index in [1.54, 1.807) is 30.6 Å². The Bertz CT molecular complexity index is 898. The second-order valence-corrected chi connectivity index (χ2v) is 5.94. The number of carbonyl (C=O) groups excluding carboxylic acids is 1. The molecule has 2 N–H and O–H groups in total. The summed E-state index contributed by atoms with van der Waals surface area (Å²) >= 11 is 1.20. The molecule has 0 unspecified atom stereocenters. The van der Waals surface area contributed by atoms with Crippen molar-refractivity contribution in [2.45, 2.75) is 6.18 Å². The van der Waals surface area contributed by atoms with Gasteiger partial charge in [-0.15, -0.1) is 11.3 Å². The van der Waals surface area contributed by atoms with Crippen molar-refractivity contribution in [2.24, 2.45) is 0 Å². The van der Waals surface area contributed by atoms with Crippen LogP contribution in [0.15, 0.2) is 48.1 Å². The Morgan fingerprint density at radius 1 is 1.08 bits per heavy atom. The molecule has 2 heterocycles. The summed E-state index contributed by atoms with van der Waals surface area (Å²) < 4.78 is 37.2. The average molecular weight is 379 g/mol. The number of hydrogen-bond acceptors (Lipinski definition) is 6. The number of benzene rings is 1. The first kappa shape index (κ1) is 17.8. The van der Waals surface area contributed by atoms with Gasteiger partial charge in [-0.25, -0.2) is 15.0 Å². The molecule has 1 amide bonds. The number of aromatic nitrogens is 3. The van der Waals surface area contributed by atoms with Gasteiger partial charge in [-0.05, 0) is 18.2 Å². The van der Waals surface area contributed by atoms with Crippen LogP contribution in [0.25, 0.3) is 10.8 Å². The van der Waals surface area contributed by atoms with Gasteiger partial charge >= 0.3 is 6.18 Å². The predicted molar refractivity (Wildman–Crippen MR) is 92.1 cm³/mol. The van der Waals surface area contributed by atoms with Crippen LogP contribution in [0.4, 0.5) is 24.5 Å². The lowest BCUT2D eigenvalue weighted by atomic mass is 10.2. The quantitative estimate of drug-likeness (QED) is 0.704. The van der Waals surface area contributed by atoms with E-state index in [4.69, 9.17) is 0 Å². The van der Waals surface area contributed by atoms with Crippen LogP contribution in [0, 0.1) is 0 Å². The molecule has 3 rings (SSSR count). The number of nitrogens with one attached hydrogen (secondary N) is 2. The third-order valence-electron chi connectivity index (χ3n) is 3.15. The minimum Gasteiger partial charge on any atom is -0.375 e. The number of hydrogen-bond donors (Lipinski definition) is 2. The van der Waals surface area contributed by atoms with Crippen LogP contribution in [-0.4, -0.2) is 33.6 Å². The van der Waals surface area contributed by atoms with Gasteiger partial charge in [-0.3, -0.25) is 4.79 Å². The number of nitrogens with zero attached hydrogens (tertiary/aromatic N) is 3. The zero-order chi connectivity index (χ0) is 18.6. The number of anilines is 2. The average Bonchev–Trinajstić information content (AvgIpc) is 3.11. The molecule has 0 aliphatic carbocycles. The summed E-state index contributed by atoms with van der Waals surface area (Å²) in [6.07, 6.45) is -1.24. The molecule has 0 spiro atoms. The van der Waals surface area contributed by atoms with Crippen LogP contribution in [0.5, 0.6) is 0 Å². The summed E-state index contributed by atoms with van der Waals surface area (Å²) in [4.78, 5) is 24.6. The molecule has 3 aromatic rings. The molecule has 10 heteroatoms. The molecule has 26 heavy (non-hydrogen) atoms. The fourth-order valence-electron chi connectivity index (χ4n) is 2.02. The molecule has 0 bridgehead atoms. The minimum atomic E-state index is -4.36. The van der Waals surface area contributed by atoms with Crippen molar-refractivity contribution in [3.05, 3.63) is 53.8 Å². The van der Waals surface area contributed by atoms with Crippen molar-refractivity contribution < 1.29 is 18.0 Å². The maximum absolute atomic E-state index is 12.4. The second kappa shape index (κ2) is 7.48. The number of amides is 1. The zero-order valence-electron chi connectivity index (χ0n) is 13.1. The minimum absolute atomic E-state index is 0.128. The van der Waals surface area contributed by atoms with E-state index in [1.807, 2.05) is 0 Å². The molecule has 1 aromatic carbocycles. The maximum atomic E-state index is 12.4. The third-order valence-corrected chi connectivity index (χ3v) is 3.99. The van der Waals surface area contributed by atoms with Gasteiger partial charge in [0.15, 0.2) is 10.8 Å². The van der Waals surface area contributed by atoms with Gasteiger partial charge in [-0.1, -0.05) is 12.1 Å². The van der Waals surface area contributed by atoms with Gasteiger partial charge in [0.1, 0.15) is 12.2 Å². The topological polar surface area (TPSA) is 79.8 Å². The first-order valence-corrected chi connectivity index (χ1v) is 8.24. The summed E-state index contributed by atoms with van der Waals surface area (Å²) in [5.74, 6) is -0.145. The zero-order valence-corrected chi connectivity index (χ0v) is 13.9. The number of rotatable bonds is 5. The summed E-state index contributed by atoms with van der Waals surface area (Å²) in [6.45, 7) is -1.20. The van der Waals surface area contributed by atoms with E-state index in [1.165, 1.54) is 28.8 Å². The van der Waals surface area contributed by atoms with Crippen molar-refractivity contribution >= 4 is 28.6 Å². The first-order valence-electron chi connectivity index (χ1n) is 7.36. The Kier molecular flexibility index (Phi) is 5.12. The van der Waals surface area contributed by atoms with E-state index in [0.717, 1.165) is 0 Å². The lowest BCUT2D eigenvalue weighted by Gasteiger charge is -2.13. The molecule has 0 saturated carbocycles. The van der Waals surface area contributed by atoms with Crippen LogP contribution in [-0.2, 0) is 0 Å². The Labute approximate surface area is 150 Å². The molecule has 0 aliphatic rings. The normalized spacial score (nSPS) is 11.2. The van der Waals surface area contributed by atoms with E-state index in [2.05, 4.69) is 25.6 Å².